The van der Waals surface area contributed by atoms with Crippen molar-refractivity contribution < 1.29 is 9.53 Å². The highest BCUT2D eigenvalue weighted by molar-refractivity contribution is 7.10. The molecule has 3 aromatic rings. The van der Waals surface area contributed by atoms with Crippen molar-refractivity contribution in [2.24, 2.45) is 4.99 Å². The van der Waals surface area contributed by atoms with E-state index in [1.807, 2.05) is 47.8 Å². The van der Waals surface area contributed by atoms with Crippen molar-refractivity contribution in [2.45, 2.75) is 6.42 Å². The van der Waals surface area contributed by atoms with Crippen LogP contribution in [0.5, 0.6) is 0 Å². The maximum absolute atomic E-state index is 11.9. The van der Waals surface area contributed by atoms with Gasteiger partial charge in [0.1, 0.15) is 0 Å². The van der Waals surface area contributed by atoms with Gasteiger partial charge in [-0.25, -0.2) is 9.79 Å². The second kappa shape index (κ2) is 6.87. The predicted octanol–water partition coefficient (Wildman–Crippen LogP) is 4.95. The zero-order chi connectivity index (χ0) is 17.1. The number of nitrogens with zero attached hydrogens (tertiary/aromatic N) is 1. The van der Waals surface area contributed by atoms with Crippen LogP contribution in [0.3, 0.4) is 0 Å². The molecule has 0 N–H and O–H groups in total. The summed E-state index contributed by atoms with van der Waals surface area (Å²) in [4.78, 5) is 17.3. The first kappa shape index (κ1) is 15.5. The fourth-order valence-corrected chi connectivity index (χ4v) is 3.31. The van der Waals surface area contributed by atoms with Crippen molar-refractivity contribution >= 4 is 29.3 Å². The lowest BCUT2D eigenvalue weighted by Gasteiger charge is -2.04. The highest BCUT2D eigenvalue weighted by Gasteiger charge is 2.23. The monoisotopic (exact) mass is 345 g/mol. The normalized spacial score (nSPS) is 15.3. The SMILES string of the molecule is O=C1OC(Cc2ccc(-c3ccccc3)cc2)=NC1=Cc1cccs1. The van der Waals surface area contributed by atoms with Crippen LogP contribution in [0.4, 0.5) is 0 Å². The Labute approximate surface area is 149 Å². The van der Waals surface area contributed by atoms with Crippen molar-refractivity contribution in [1.29, 1.82) is 0 Å². The molecule has 4 heteroatoms. The van der Waals surface area contributed by atoms with Crippen LogP contribution < -0.4 is 0 Å². The largest absolute Gasteiger partial charge is 0.406 e. The Bertz CT molecular complexity index is 939. The number of carbonyl (C=O) groups excluding carboxylic acids is 1. The van der Waals surface area contributed by atoms with Gasteiger partial charge >= 0.3 is 5.97 Å². The van der Waals surface area contributed by atoms with Crippen LogP contribution in [0.25, 0.3) is 17.2 Å². The fraction of sp³-hybridized carbons (Fsp3) is 0.0476. The zero-order valence-electron chi connectivity index (χ0n) is 13.4. The molecule has 0 spiro atoms. The predicted molar refractivity (Wildman–Crippen MR) is 101 cm³/mol. The standard InChI is InChI=1S/C21H15NO2S/c23-21-19(14-18-7-4-12-25-18)22-20(24-21)13-15-8-10-17(11-9-15)16-5-2-1-3-6-16/h1-12,14H,13H2. The summed E-state index contributed by atoms with van der Waals surface area (Å²) in [5.41, 5.74) is 3.76. The van der Waals surface area contributed by atoms with Crippen molar-refractivity contribution in [1.82, 2.24) is 0 Å². The summed E-state index contributed by atoms with van der Waals surface area (Å²) in [6, 6.07) is 22.3. The van der Waals surface area contributed by atoms with Crippen LogP contribution in [-0.4, -0.2) is 11.9 Å². The molecule has 1 aliphatic rings. The van der Waals surface area contributed by atoms with Gasteiger partial charge in [0.2, 0.25) is 5.90 Å². The van der Waals surface area contributed by atoms with Crippen LogP contribution in [0.1, 0.15) is 10.4 Å². The number of hydrogen-bond donors (Lipinski definition) is 0. The fourth-order valence-electron chi connectivity index (χ4n) is 2.66. The van der Waals surface area contributed by atoms with Gasteiger partial charge in [0, 0.05) is 11.3 Å². The van der Waals surface area contributed by atoms with Crippen LogP contribution in [0.15, 0.2) is 82.8 Å². The molecule has 0 saturated heterocycles. The van der Waals surface area contributed by atoms with Crippen molar-refractivity contribution in [2.75, 3.05) is 0 Å². The number of cyclic esters (lactones) is 1. The van der Waals surface area contributed by atoms with Crippen LogP contribution in [0, 0.1) is 0 Å². The minimum atomic E-state index is -0.385. The first-order chi connectivity index (χ1) is 12.3. The third kappa shape index (κ3) is 3.59. The minimum absolute atomic E-state index is 0.360. The maximum Gasteiger partial charge on any atom is 0.363 e. The summed E-state index contributed by atoms with van der Waals surface area (Å²) in [7, 11) is 0. The van der Waals surface area contributed by atoms with Crippen molar-refractivity contribution in [3.05, 3.63) is 88.2 Å². The molecule has 0 bridgehead atoms. The van der Waals surface area contributed by atoms with E-state index < -0.39 is 0 Å². The molecule has 0 saturated carbocycles. The molecule has 25 heavy (non-hydrogen) atoms. The molecule has 4 rings (SSSR count). The number of benzene rings is 2. The lowest BCUT2D eigenvalue weighted by molar-refractivity contribution is -0.130. The lowest BCUT2D eigenvalue weighted by Crippen LogP contribution is -2.06. The van der Waals surface area contributed by atoms with E-state index in [1.54, 1.807) is 17.4 Å². The van der Waals surface area contributed by atoms with E-state index in [2.05, 4.69) is 29.3 Å². The van der Waals surface area contributed by atoms with E-state index in [9.17, 15) is 4.79 Å². The summed E-state index contributed by atoms with van der Waals surface area (Å²) in [6.07, 6.45) is 2.26. The van der Waals surface area contributed by atoms with Gasteiger partial charge in [-0.2, -0.15) is 0 Å². The number of aliphatic imine (C=N–C) groups is 1. The Kier molecular flexibility index (Phi) is 4.27. The third-order valence-electron chi connectivity index (χ3n) is 3.90. The lowest BCUT2D eigenvalue weighted by atomic mass is 10.0. The smallest absolute Gasteiger partial charge is 0.363 e. The molecule has 2 aromatic carbocycles. The molecule has 0 amide bonds. The molecule has 0 unspecified atom stereocenters. The molecule has 0 aliphatic carbocycles. The van der Waals surface area contributed by atoms with Gasteiger partial charge in [0.15, 0.2) is 5.70 Å². The molecule has 0 radical (unpaired) electrons. The van der Waals surface area contributed by atoms with Gasteiger partial charge < -0.3 is 4.74 Å². The Morgan fingerprint density at radius 3 is 2.40 bits per heavy atom. The number of carbonyl (C=O) groups is 1. The summed E-state index contributed by atoms with van der Waals surface area (Å²) in [5.74, 6) is 0.0598. The molecule has 0 fully saturated rings. The Balaban J connectivity index is 1.50. The molecule has 1 aromatic heterocycles. The van der Waals surface area contributed by atoms with Crippen molar-refractivity contribution in [3.8, 4) is 11.1 Å². The van der Waals surface area contributed by atoms with Crippen LogP contribution in [-0.2, 0) is 16.0 Å². The second-order valence-corrected chi connectivity index (χ2v) is 6.66. The van der Waals surface area contributed by atoms with Gasteiger partial charge in [-0.3, -0.25) is 0 Å². The average Bonchev–Trinajstić information content (AvgIpc) is 3.27. The number of ether oxygens (including phenoxy) is 1. The first-order valence-electron chi connectivity index (χ1n) is 7.97. The average molecular weight is 345 g/mol. The molecule has 1 aliphatic heterocycles. The summed E-state index contributed by atoms with van der Waals surface area (Å²) in [5, 5.41) is 1.96. The van der Waals surface area contributed by atoms with E-state index in [0.717, 1.165) is 16.0 Å². The Hall–Kier alpha value is -2.98. The molecule has 122 valence electrons. The summed E-state index contributed by atoms with van der Waals surface area (Å²) < 4.78 is 5.29. The van der Waals surface area contributed by atoms with Gasteiger partial charge in [0.25, 0.3) is 0 Å². The van der Waals surface area contributed by atoms with Crippen LogP contribution >= 0.6 is 11.3 Å². The number of rotatable bonds is 4. The topological polar surface area (TPSA) is 38.7 Å². The zero-order valence-corrected chi connectivity index (χ0v) is 14.2. The van der Waals surface area contributed by atoms with Gasteiger partial charge in [0.05, 0.1) is 0 Å². The molecular formula is C21H15NO2S. The van der Waals surface area contributed by atoms with E-state index in [-0.39, 0.29) is 5.97 Å². The summed E-state index contributed by atoms with van der Waals surface area (Å²) >= 11 is 1.56. The minimum Gasteiger partial charge on any atom is -0.406 e. The Morgan fingerprint density at radius 1 is 0.920 bits per heavy atom. The highest BCUT2D eigenvalue weighted by Crippen LogP contribution is 2.22. The molecule has 0 atom stereocenters. The molecule has 2 heterocycles. The van der Waals surface area contributed by atoms with Gasteiger partial charge in [-0.15, -0.1) is 11.3 Å². The number of esters is 1. The van der Waals surface area contributed by atoms with Crippen molar-refractivity contribution in [3.63, 3.8) is 0 Å². The second-order valence-electron chi connectivity index (χ2n) is 5.68. The third-order valence-corrected chi connectivity index (χ3v) is 4.72. The number of thiophene rings is 1. The summed E-state index contributed by atoms with van der Waals surface area (Å²) in [6.45, 7) is 0. The van der Waals surface area contributed by atoms with Gasteiger partial charge in [-0.1, -0.05) is 60.7 Å². The van der Waals surface area contributed by atoms with Gasteiger partial charge in [-0.05, 0) is 34.2 Å². The Morgan fingerprint density at radius 2 is 1.68 bits per heavy atom. The van der Waals surface area contributed by atoms with E-state index in [1.165, 1.54) is 5.56 Å². The molecule has 3 nitrogen and oxygen atoms in total. The maximum atomic E-state index is 11.9. The number of hydrogen-bond acceptors (Lipinski definition) is 4. The quantitative estimate of drug-likeness (QED) is 0.495. The van der Waals surface area contributed by atoms with E-state index >= 15 is 0 Å². The highest BCUT2D eigenvalue weighted by atomic mass is 32.1. The van der Waals surface area contributed by atoms with E-state index in [0.29, 0.717) is 18.0 Å². The molecular weight excluding hydrogens is 330 g/mol. The van der Waals surface area contributed by atoms with Crippen LogP contribution in [0.2, 0.25) is 0 Å². The first-order valence-corrected chi connectivity index (χ1v) is 8.85. The van der Waals surface area contributed by atoms with E-state index in [4.69, 9.17) is 4.74 Å².